The van der Waals surface area contributed by atoms with E-state index in [1.165, 1.54) is 11.1 Å². The van der Waals surface area contributed by atoms with Crippen LogP contribution < -0.4 is 0 Å². The molecule has 1 aliphatic rings. The third-order valence-electron chi connectivity index (χ3n) is 3.53. The summed E-state index contributed by atoms with van der Waals surface area (Å²) in [6, 6.07) is 8.66. The minimum atomic E-state index is 0.279. The fraction of sp³-hybridized carbons (Fsp3) is 0.571. The van der Waals surface area contributed by atoms with Gasteiger partial charge < -0.3 is 4.74 Å². The van der Waals surface area contributed by atoms with Crippen molar-refractivity contribution < 1.29 is 4.74 Å². The van der Waals surface area contributed by atoms with Crippen LogP contribution in [0.15, 0.2) is 24.3 Å². The summed E-state index contributed by atoms with van der Waals surface area (Å²) < 4.78 is 5.68. The molecule has 0 N–H and O–H groups in total. The molecule has 0 radical (unpaired) electrons. The lowest BCUT2D eigenvalue weighted by Gasteiger charge is -2.31. The minimum absolute atomic E-state index is 0.279. The summed E-state index contributed by atoms with van der Waals surface area (Å²) in [5.41, 5.74) is 3.16. The summed E-state index contributed by atoms with van der Waals surface area (Å²) in [6.45, 7) is 6.90. The van der Waals surface area contributed by atoms with Crippen molar-refractivity contribution in [1.82, 2.24) is 0 Å². The molecular formula is C14H20O. The van der Waals surface area contributed by atoms with Gasteiger partial charge in [-0.25, -0.2) is 0 Å². The number of ether oxygens (including phenoxy) is 1. The van der Waals surface area contributed by atoms with Crippen molar-refractivity contribution in [3.05, 3.63) is 35.4 Å². The molecule has 2 unspecified atom stereocenters. The van der Waals surface area contributed by atoms with E-state index in [4.69, 9.17) is 4.74 Å². The summed E-state index contributed by atoms with van der Waals surface area (Å²) in [5.74, 6) is 0.597. The monoisotopic (exact) mass is 204 g/mol. The summed E-state index contributed by atoms with van der Waals surface area (Å²) >= 11 is 0. The molecule has 1 aliphatic carbocycles. The first kappa shape index (κ1) is 10.7. The van der Waals surface area contributed by atoms with Crippen LogP contribution in [0.5, 0.6) is 0 Å². The normalized spacial score (nSPS) is 25.3. The van der Waals surface area contributed by atoms with Crippen LogP contribution in [0.4, 0.5) is 0 Å². The third-order valence-corrected chi connectivity index (χ3v) is 3.53. The Bertz CT molecular complexity index is 349. The van der Waals surface area contributed by atoms with Crippen molar-refractivity contribution in [2.24, 2.45) is 11.3 Å². The molecular weight excluding hydrogens is 184 g/mol. The molecule has 1 nitrogen and oxygen atoms in total. The van der Waals surface area contributed by atoms with Gasteiger partial charge in [-0.2, -0.15) is 0 Å². The van der Waals surface area contributed by atoms with Crippen LogP contribution in [0.3, 0.4) is 0 Å². The fourth-order valence-electron chi connectivity index (χ4n) is 2.61. The lowest BCUT2D eigenvalue weighted by atomic mass is 9.77. The SMILES string of the molecule is COC1c2ccccc2CC1C(C)(C)C. The molecule has 1 aromatic rings. The molecule has 0 bridgehead atoms. The zero-order valence-electron chi connectivity index (χ0n) is 10.1. The van der Waals surface area contributed by atoms with E-state index >= 15 is 0 Å². The highest BCUT2D eigenvalue weighted by Gasteiger charge is 2.39. The highest BCUT2D eigenvalue weighted by atomic mass is 16.5. The number of fused-ring (bicyclic) bond motifs is 1. The summed E-state index contributed by atoms with van der Waals surface area (Å²) in [6.07, 6.45) is 1.43. The molecule has 0 spiro atoms. The van der Waals surface area contributed by atoms with E-state index in [1.807, 2.05) is 7.11 Å². The number of methoxy groups -OCH3 is 1. The molecule has 0 aromatic heterocycles. The third kappa shape index (κ3) is 1.81. The fourth-order valence-corrected chi connectivity index (χ4v) is 2.61. The smallest absolute Gasteiger partial charge is 0.0860 e. The van der Waals surface area contributed by atoms with Gasteiger partial charge in [0.15, 0.2) is 0 Å². The standard InChI is InChI=1S/C14H20O/c1-14(2,3)12-9-10-7-5-6-8-11(10)13(12)15-4/h5-8,12-13H,9H2,1-4H3. The van der Waals surface area contributed by atoms with Crippen LogP contribution in [0.2, 0.25) is 0 Å². The Morgan fingerprint density at radius 1 is 1.20 bits per heavy atom. The van der Waals surface area contributed by atoms with Gasteiger partial charge in [0, 0.05) is 7.11 Å². The lowest BCUT2D eigenvalue weighted by Crippen LogP contribution is -2.25. The Hall–Kier alpha value is -0.820. The van der Waals surface area contributed by atoms with Crippen molar-refractivity contribution in [2.75, 3.05) is 7.11 Å². The van der Waals surface area contributed by atoms with E-state index in [9.17, 15) is 0 Å². The number of hydrogen-bond donors (Lipinski definition) is 0. The number of benzene rings is 1. The molecule has 1 aromatic carbocycles. The van der Waals surface area contributed by atoms with Gasteiger partial charge >= 0.3 is 0 Å². The highest BCUT2D eigenvalue weighted by molar-refractivity contribution is 5.35. The number of hydrogen-bond acceptors (Lipinski definition) is 1. The first-order chi connectivity index (χ1) is 7.04. The average molecular weight is 204 g/mol. The zero-order valence-corrected chi connectivity index (χ0v) is 10.1. The predicted molar refractivity (Wildman–Crippen MR) is 62.8 cm³/mol. The Kier molecular flexibility index (Phi) is 2.59. The van der Waals surface area contributed by atoms with E-state index in [0.29, 0.717) is 11.3 Å². The van der Waals surface area contributed by atoms with E-state index < -0.39 is 0 Å². The van der Waals surface area contributed by atoms with Gasteiger partial charge in [-0.3, -0.25) is 0 Å². The molecule has 2 atom stereocenters. The average Bonchev–Trinajstić information content (AvgIpc) is 2.55. The van der Waals surface area contributed by atoms with Crippen LogP contribution >= 0.6 is 0 Å². The van der Waals surface area contributed by atoms with Crippen molar-refractivity contribution in [3.8, 4) is 0 Å². The van der Waals surface area contributed by atoms with E-state index in [0.717, 1.165) is 6.42 Å². The van der Waals surface area contributed by atoms with Gasteiger partial charge in [-0.1, -0.05) is 45.0 Å². The maximum atomic E-state index is 5.68. The van der Waals surface area contributed by atoms with Crippen LogP contribution in [0.1, 0.15) is 38.0 Å². The summed E-state index contributed by atoms with van der Waals surface area (Å²) in [5, 5.41) is 0. The predicted octanol–water partition coefficient (Wildman–Crippen LogP) is 3.59. The van der Waals surface area contributed by atoms with Crippen LogP contribution in [-0.2, 0) is 11.2 Å². The van der Waals surface area contributed by atoms with Gasteiger partial charge in [-0.05, 0) is 28.9 Å². The summed E-state index contributed by atoms with van der Waals surface area (Å²) in [4.78, 5) is 0. The van der Waals surface area contributed by atoms with Gasteiger partial charge in [0.1, 0.15) is 0 Å². The first-order valence-corrected chi connectivity index (χ1v) is 5.64. The van der Waals surface area contributed by atoms with Crippen LogP contribution in [0, 0.1) is 11.3 Å². The van der Waals surface area contributed by atoms with E-state index in [1.54, 1.807) is 0 Å². The minimum Gasteiger partial charge on any atom is -0.376 e. The Labute approximate surface area is 92.5 Å². The topological polar surface area (TPSA) is 9.23 Å². The molecule has 0 aliphatic heterocycles. The molecule has 0 heterocycles. The van der Waals surface area contributed by atoms with E-state index in [2.05, 4.69) is 45.0 Å². The molecule has 1 heteroatoms. The van der Waals surface area contributed by atoms with Gasteiger partial charge in [0.25, 0.3) is 0 Å². The number of rotatable bonds is 1. The Morgan fingerprint density at radius 3 is 2.47 bits per heavy atom. The second-order valence-electron chi connectivity index (χ2n) is 5.53. The quantitative estimate of drug-likeness (QED) is 0.679. The maximum absolute atomic E-state index is 5.68. The molecule has 0 amide bonds. The van der Waals surface area contributed by atoms with Crippen molar-refractivity contribution in [3.63, 3.8) is 0 Å². The van der Waals surface area contributed by atoms with Crippen molar-refractivity contribution in [1.29, 1.82) is 0 Å². The van der Waals surface area contributed by atoms with Crippen molar-refractivity contribution in [2.45, 2.75) is 33.3 Å². The molecule has 2 rings (SSSR count). The Balaban J connectivity index is 2.37. The molecule has 82 valence electrons. The highest BCUT2D eigenvalue weighted by Crippen LogP contribution is 2.46. The molecule has 0 saturated heterocycles. The first-order valence-electron chi connectivity index (χ1n) is 5.64. The maximum Gasteiger partial charge on any atom is 0.0860 e. The van der Waals surface area contributed by atoms with Crippen LogP contribution in [-0.4, -0.2) is 7.11 Å². The van der Waals surface area contributed by atoms with Gasteiger partial charge in [0.2, 0.25) is 0 Å². The Morgan fingerprint density at radius 2 is 1.87 bits per heavy atom. The van der Waals surface area contributed by atoms with Gasteiger partial charge in [0.05, 0.1) is 6.10 Å². The van der Waals surface area contributed by atoms with Gasteiger partial charge in [-0.15, -0.1) is 0 Å². The molecule has 0 fully saturated rings. The largest absolute Gasteiger partial charge is 0.376 e. The van der Waals surface area contributed by atoms with E-state index in [-0.39, 0.29) is 6.10 Å². The zero-order chi connectivity index (χ0) is 11.1. The molecule has 15 heavy (non-hydrogen) atoms. The van der Waals surface area contributed by atoms with Crippen LogP contribution in [0.25, 0.3) is 0 Å². The van der Waals surface area contributed by atoms with Crippen molar-refractivity contribution >= 4 is 0 Å². The lowest BCUT2D eigenvalue weighted by molar-refractivity contribution is 0.0158. The second-order valence-corrected chi connectivity index (χ2v) is 5.53. The summed E-state index contributed by atoms with van der Waals surface area (Å²) in [7, 11) is 1.82. The molecule has 0 saturated carbocycles. The second kappa shape index (κ2) is 3.64.